The number of allylic oxidation sites excluding steroid dienone is 2. The van der Waals surface area contributed by atoms with Gasteiger partial charge in [-0.05, 0) is 44.3 Å². The molecule has 0 aliphatic carbocycles. The van der Waals surface area contributed by atoms with Crippen molar-refractivity contribution in [1.29, 1.82) is 0 Å². The van der Waals surface area contributed by atoms with Crippen molar-refractivity contribution >= 4 is 11.5 Å². The van der Waals surface area contributed by atoms with E-state index in [1.54, 1.807) is 24.3 Å². The van der Waals surface area contributed by atoms with Crippen LogP contribution in [0.3, 0.4) is 0 Å². The van der Waals surface area contributed by atoms with E-state index in [1.165, 1.54) is 13.8 Å². The van der Waals surface area contributed by atoms with Gasteiger partial charge in [-0.2, -0.15) is 5.11 Å². The van der Waals surface area contributed by atoms with E-state index >= 15 is 0 Å². The number of aliphatic hydroxyl groups is 1. The van der Waals surface area contributed by atoms with Gasteiger partial charge < -0.3 is 14.7 Å². The van der Waals surface area contributed by atoms with E-state index in [0.29, 0.717) is 12.3 Å². The summed E-state index contributed by atoms with van der Waals surface area (Å²) in [7, 11) is 0. The third-order valence-corrected chi connectivity index (χ3v) is 3.35. The van der Waals surface area contributed by atoms with Crippen LogP contribution in [0, 0.1) is 0 Å². The Hall–Kier alpha value is -2.21. The summed E-state index contributed by atoms with van der Waals surface area (Å²) < 4.78 is 5.68. The van der Waals surface area contributed by atoms with Crippen LogP contribution in [0.25, 0.3) is 0 Å². The lowest BCUT2D eigenvalue weighted by Crippen LogP contribution is -2.27. The predicted octanol–water partition coefficient (Wildman–Crippen LogP) is 3.87. The highest BCUT2D eigenvalue weighted by atomic mass is 16.5. The Labute approximate surface area is 137 Å². The molecule has 0 heterocycles. The molecule has 0 spiro atoms. The van der Waals surface area contributed by atoms with Crippen molar-refractivity contribution in [3.63, 3.8) is 0 Å². The molecule has 0 saturated heterocycles. The van der Waals surface area contributed by atoms with Crippen LogP contribution >= 0.6 is 0 Å². The van der Waals surface area contributed by atoms with Crippen LogP contribution in [0.4, 0.5) is 5.69 Å². The summed E-state index contributed by atoms with van der Waals surface area (Å²) in [5.74, 6) is 0.291. The Balaban J connectivity index is 2.60. The van der Waals surface area contributed by atoms with Gasteiger partial charge in [0.05, 0.1) is 5.69 Å². The Morgan fingerprint density at radius 3 is 2.26 bits per heavy atom. The highest BCUT2D eigenvalue weighted by Crippen LogP contribution is 2.19. The van der Waals surface area contributed by atoms with Gasteiger partial charge in [0.25, 0.3) is 0 Å². The lowest BCUT2D eigenvalue weighted by Gasteiger charge is -2.17. The second-order valence-electron chi connectivity index (χ2n) is 5.06. The number of Topliss-reactive ketones (excluding diaryl/α,β-unsaturated/α-hetero) is 1. The monoisotopic (exact) mass is 319 g/mol. The first-order chi connectivity index (χ1) is 11.0. The van der Waals surface area contributed by atoms with Crippen molar-refractivity contribution in [2.24, 2.45) is 10.2 Å². The lowest BCUT2D eigenvalue weighted by molar-refractivity contribution is -0.113. The van der Waals surface area contributed by atoms with Crippen molar-refractivity contribution in [3.8, 4) is 5.75 Å². The maximum atomic E-state index is 11.3. The van der Waals surface area contributed by atoms with Crippen molar-refractivity contribution in [3.05, 3.63) is 35.7 Å². The highest BCUT2D eigenvalue weighted by Gasteiger charge is 2.06. The molecule has 0 saturated carbocycles. The summed E-state index contributed by atoms with van der Waals surface area (Å²) in [6.07, 6.45) is 0. The summed E-state index contributed by atoms with van der Waals surface area (Å²) in [5.41, 5.74) is 0.547. The fourth-order valence-corrected chi connectivity index (χ4v) is 1.95. The number of carbonyl (C=O) groups excluding carboxylic acids is 1. The summed E-state index contributed by atoms with van der Waals surface area (Å²) in [6.45, 7) is 10.5. The van der Waals surface area contributed by atoms with Crippen LogP contribution in [-0.2, 0) is 4.79 Å². The molecule has 1 aromatic carbocycles. The minimum Gasteiger partial charge on any atom is -0.510 e. The van der Waals surface area contributed by atoms with E-state index in [0.717, 1.165) is 25.4 Å². The molecule has 0 atom stereocenters. The Morgan fingerprint density at radius 1 is 1.17 bits per heavy atom. The number of ketones is 1. The van der Waals surface area contributed by atoms with E-state index in [4.69, 9.17) is 4.74 Å². The van der Waals surface area contributed by atoms with Crippen LogP contribution in [0.5, 0.6) is 5.75 Å². The standard InChI is InChI=1S/C17H25N3O3/c1-5-20(6-2)11-12-23-16-9-7-15(8-10-16)18-19-17(13(3)21)14(4)22/h7-10,21H,5-6,11-12H2,1-4H3/b17-13-,19-18?. The molecule has 0 fully saturated rings. The topological polar surface area (TPSA) is 74.5 Å². The predicted molar refractivity (Wildman–Crippen MR) is 90.3 cm³/mol. The van der Waals surface area contributed by atoms with Gasteiger partial charge in [-0.3, -0.25) is 4.79 Å². The zero-order chi connectivity index (χ0) is 17.2. The first-order valence-electron chi connectivity index (χ1n) is 7.75. The van der Waals surface area contributed by atoms with Crippen molar-refractivity contribution in [2.75, 3.05) is 26.2 Å². The van der Waals surface area contributed by atoms with Crippen LogP contribution in [-0.4, -0.2) is 42.0 Å². The number of benzene rings is 1. The first kappa shape index (κ1) is 18.8. The maximum absolute atomic E-state index is 11.3. The number of ether oxygens (including phenoxy) is 1. The van der Waals surface area contributed by atoms with Gasteiger partial charge in [0.2, 0.25) is 0 Å². The van der Waals surface area contributed by atoms with Crippen molar-refractivity contribution < 1.29 is 14.6 Å². The third-order valence-electron chi connectivity index (χ3n) is 3.35. The molecule has 0 radical (unpaired) electrons. The van der Waals surface area contributed by atoms with E-state index < -0.39 is 0 Å². The quantitative estimate of drug-likeness (QED) is 0.426. The number of nitrogens with zero attached hydrogens (tertiary/aromatic N) is 3. The van der Waals surface area contributed by atoms with Crippen LogP contribution in [0.2, 0.25) is 0 Å². The second kappa shape index (κ2) is 9.74. The summed E-state index contributed by atoms with van der Waals surface area (Å²) in [6, 6.07) is 7.11. The molecular formula is C17H25N3O3. The lowest BCUT2D eigenvalue weighted by atomic mass is 10.3. The average molecular weight is 319 g/mol. The highest BCUT2D eigenvalue weighted by molar-refractivity contribution is 5.93. The molecule has 0 unspecified atom stereocenters. The minimum atomic E-state index is -0.329. The smallest absolute Gasteiger partial charge is 0.183 e. The summed E-state index contributed by atoms with van der Waals surface area (Å²) >= 11 is 0. The molecule has 0 bridgehead atoms. The zero-order valence-electron chi connectivity index (χ0n) is 14.2. The van der Waals surface area contributed by atoms with Crippen molar-refractivity contribution in [2.45, 2.75) is 27.7 Å². The number of azo groups is 1. The molecule has 6 nitrogen and oxygen atoms in total. The fraction of sp³-hybridized carbons (Fsp3) is 0.471. The molecule has 0 amide bonds. The normalized spacial score (nSPS) is 12.6. The number of aliphatic hydroxyl groups excluding tert-OH is 1. The molecule has 126 valence electrons. The van der Waals surface area contributed by atoms with Gasteiger partial charge in [-0.1, -0.05) is 13.8 Å². The molecule has 0 aliphatic rings. The molecule has 1 rings (SSSR count). The second-order valence-corrected chi connectivity index (χ2v) is 5.06. The number of hydrogen-bond acceptors (Lipinski definition) is 6. The number of rotatable bonds is 9. The van der Waals surface area contributed by atoms with E-state index in [-0.39, 0.29) is 17.2 Å². The van der Waals surface area contributed by atoms with E-state index in [9.17, 15) is 9.90 Å². The van der Waals surface area contributed by atoms with Gasteiger partial charge in [0, 0.05) is 13.5 Å². The van der Waals surface area contributed by atoms with Gasteiger partial charge in [-0.25, -0.2) is 0 Å². The fourth-order valence-electron chi connectivity index (χ4n) is 1.95. The van der Waals surface area contributed by atoms with Gasteiger partial charge >= 0.3 is 0 Å². The molecule has 0 aliphatic heterocycles. The Morgan fingerprint density at radius 2 is 1.78 bits per heavy atom. The van der Waals surface area contributed by atoms with Gasteiger partial charge in [0.15, 0.2) is 11.5 Å². The Bertz CT molecular complexity index is 557. The van der Waals surface area contributed by atoms with E-state index in [1.807, 2.05) is 0 Å². The largest absolute Gasteiger partial charge is 0.510 e. The number of carbonyl (C=O) groups is 1. The van der Waals surface area contributed by atoms with Gasteiger partial charge in [-0.15, -0.1) is 5.11 Å². The Kier molecular flexibility index (Phi) is 7.97. The van der Waals surface area contributed by atoms with Crippen molar-refractivity contribution in [1.82, 2.24) is 4.90 Å². The van der Waals surface area contributed by atoms with Crippen LogP contribution in [0.15, 0.2) is 46.0 Å². The molecule has 0 aromatic heterocycles. The number of hydrogen-bond donors (Lipinski definition) is 1. The summed E-state index contributed by atoms with van der Waals surface area (Å²) in [5, 5.41) is 17.1. The van der Waals surface area contributed by atoms with E-state index in [2.05, 4.69) is 29.0 Å². The first-order valence-corrected chi connectivity index (χ1v) is 7.75. The zero-order valence-corrected chi connectivity index (χ0v) is 14.2. The molecule has 1 N–H and O–H groups in total. The number of likely N-dealkylation sites (N-methyl/N-ethyl adjacent to an activating group) is 1. The van der Waals surface area contributed by atoms with Crippen LogP contribution in [0.1, 0.15) is 27.7 Å². The minimum absolute atomic E-state index is 0.0375. The molecule has 1 aromatic rings. The maximum Gasteiger partial charge on any atom is 0.183 e. The SMILES string of the molecule is CCN(CC)CCOc1ccc(N=N/C(C(C)=O)=C(/C)O)cc1. The average Bonchev–Trinajstić information content (AvgIpc) is 2.52. The molecule has 6 heteroatoms. The summed E-state index contributed by atoms with van der Waals surface area (Å²) in [4.78, 5) is 13.6. The van der Waals surface area contributed by atoms with Gasteiger partial charge in [0.1, 0.15) is 18.1 Å². The molecule has 23 heavy (non-hydrogen) atoms. The third kappa shape index (κ3) is 6.61. The van der Waals surface area contributed by atoms with Crippen LogP contribution < -0.4 is 4.74 Å². The molecular weight excluding hydrogens is 294 g/mol.